The van der Waals surface area contributed by atoms with Crippen molar-refractivity contribution in [1.82, 2.24) is 15.4 Å². The number of β-lactam (4-membered cyclic amide) rings is 1. The number of ether oxygens (including phenoxy) is 1. The molecule has 33 heavy (non-hydrogen) atoms. The van der Waals surface area contributed by atoms with Crippen molar-refractivity contribution < 1.29 is 108 Å². The Morgan fingerprint density at radius 1 is 1.21 bits per heavy atom. The van der Waals surface area contributed by atoms with Crippen molar-refractivity contribution in [2.75, 3.05) is 25.6 Å². The number of primary amides is 1. The zero-order valence-electron chi connectivity index (χ0n) is 17.3. The number of thiazole rings is 1. The predicted molar refractivity (Wildman–Crippen MR) is 93.1 cm³/mol. The van der Waals surface area contributed by atoms with Crippen LogP contribution in [0.25, 0.3) is 0 Å². The van der Waals surface area contributed by atoms with Gasteiger partial charge in [0.05, 0.1) is 11.9 Å². The summed E-state index contributed by atoms with van der Waals surface area (Å²) in [6.45, 7) is -2.50. The largest absolute Gasteiger partial charge is 1.00 e. The smallest absolute Gasteiger partial charge is 0.548 e. The Morgan fingerprint density at radius 2 is 1.85 bits per heavy atom. The minimum atomic E-state index is -1.63. The number of anilines is 1. The van der Waals surface area contributed by atoms with Crippen LogP contribution in [-0.4, -0.2) is 77.5 Å². The van der Waals surface area contributed by atoms with Gasteiger partial charge in [0.25, 0.3) is 11.8 Å². The molecule has 1 saturated heterocycles. The Morgan fingerprint density at radius 3 is 2.36 bits per heavy atom. The van der Waals surface area contributed by atoms with Crippen LogP contribution in [0.2, 0.25) is 0 Å². The number of carbonyl (C=O) groups excluding carboxylic acids is 5. The Balaban J connectivity index is 0.00000512. The molecule has 1 aliphatic rings. The number of carboxylic acid groups (broad SMARTS) is 2. The number of nitrogen functional groups attached to an aromatic ring is 1. The molecule has 5 N–H and O–H groups in total. The summed E-state index contributed by atoms with van der Waals surface area (Å²) in [6.07, 6.45) is -1.19. The summed E-state index contributed by atoms with van der Waals surface area (Å²) < 4.78 is 4.58. The van der Waals surface area contributed by atoms with Crippen LogP contribution in [-0.2, 0) is 33.6 Å². The second-order valence-electron chi connectivity index (χ2n) is 5.61. The fourth-order valence-corrected chi connectivity index (χ4v) is 2.80. The number of aromatic nitrogens is 1. The number of oxime groups is 1. The van der Waals surface area contributed by atoms with Crippen molar-refractivity contribution >= 4 is 52.0 Å². The first-order valence-electron chi connectivity index (χ1n) is 8.10. The summed E-state index contributed by atoms with van der Waals surface area (Å²) in [5, 5.41) is 28.6. The molecule has 1 aromatic rings. The number of rotatable bonds is 11. The van der Waals surface area contributed by atoms with E-state index in [2.05, 4.69) is 25.0 Å². The third kappa shape index (κ3) is 9.05. The zero-order chi connectivity index (χ0) is 23.1. The predicted octanol–water partition coefficient (Wildman–Crippen LogP) is -11.3. The number of carboxylic acids is 2. The second kappa shape index (κ2) is 14.3. The van der Waals surface area contributed by atoms with Crippen LogP contribution in [0.1, 0.15) is 5.69 Å². The van der Waals surface area contributed by atoms with Crippen molar-refractivity contribution in [1.29, 1.82) is 0 Å². The van der Waals surface area contributed by atoms with Crippen LogP contribution in [0.3, 0.4) is 0 Å². The Bertz CT molecular complexity index is 928. The van der Waals surface area contributed by atoms with Crippen LogP contribution in [0.4, 0.5) is 9.93 Å². The van der Waals surface area contributed by atoms with E-state index in [1.807, 2.05) is 0 Å². The monoisotopic (exact) mass is 504 g/mol. The number of aliphatic carboxylic acids is 2. The SMILES string of the molecule is NC(=O)OC[C@H]1[C@H](NC(=O)/C(=N\OCC(=O)[O-])c2csc(N)n2)C(=O)N1OCC(=O)[O-].[Na+].[Na+]. The molecule has 1 fully saturated rings. The first kappa shape index (κ1) is 31.0. The van der Waals surface area contributed by atoms with Gasteiger partial charge in [-0.2, -0.15) is 0 Å². The normalized spacial score (nSPS) is 17.0. The van der Waals surface area contributed by atoms with Crippen LogP contribution >= 0.6 is 11.3 Å². The van der Waals surface area contributed by atoms with E-state index >= 15 is 0 Å². The van der Waals surface area contributed by atoms with Gasteiger partial charge in [0, 0.05) is 5.38 Å². The molecule has 0 saturated carbocycles. The van der Waals surface area contributed by atoms with Crippen molar-refractivity contribution in [2.45, 2.75) is 12.1 Å². The molecule has 0 spiro atoms. The van der Waals surface area contributed by atoms with Gasteiger partial charge in [-0.05, 0) is 0 Å². The van der Waals surface area contributed by atoms with Crippen molar-refractivity contribution in [3.05, 3.63) is 11.1 Å². The Hall–Kier alpha value is -1.99. The standard InChI is InChI=1S/C14H16N6O10S.2Na/c15-13-17-5(4-31-13)9(19-29-2-7(21)22)11(25)18-10-6(1-28-14(16)27)20(12(10)26)30-3-8(23)24;;/h4,6,10H,1-3H2,(H2,15,17)(H2,16,27)(H,18,25)(H,21,22)(H,23,24);;/q;2*+1/p-2/b19-9-;;/t6-,10-;;/m0../s1. The van der Waals surface area contributed by atoms with Gasteiger partial charge in [-0.1, -0.05) is 5.16 Å². The maximum atomic E-state index is 12.6. The van der Waals surface area contributed by atoms with Gasteiger partial charge in [0.2, 0.25) is 0 Å². The fraction of sp³-hybridized carbons (Fsp3) is 0.357. The summed E-state index contributed by atoms with van der Waals surface area (Å²) in [4.78, 5) is 69.8. The first-order valence-corrected chi connectivity index (χ1v) is 8.98. The van der Waals surface area contributed by atoms with E-state index in [9.17, 15) is 34.2 Å². The number of nitrogens with two attached hydrogens (primary N) is 2. The van der Waals surface area contributed by atoms with Crippen molar-refractivity contribution in [3.63, 3.8) is 0 Å². The molecule has 0 aliphatic carbocycles. The van der Waals surface area contributed by atoms with Crippen LogP contribution in [0.15, 0.2) is 10.5 Å². The minimum absolute atomic E-state index is 0. The van der Waals surface area contributed by atoms with E-state index in [1.54, 1.807) is 0 Å². The molecule has 0 bridgehead atoms. The van der Waals surface area contributed by atoms with Gasteiger partial charge in [0.1, 0.15) is 31.0 Å². The third-order valence-electron chi connectivity index (χ3n) is 3.49. The summed E-state index contributed by atoms with van der Waals surface area (Å²) in [6, 6.07) is -2.50. The number of hydrogen-bond donors (Lipinski definition) is 3. The molecule has 1 aliphatic heterocycles. The van der Waals surface area contributed by atoms with E-state index in [0.29, 0.717) is 5.06 Å². The summed E-state index contributed by atoms with van der Waals surface area (Å²) >= 11 is 0.944. The number of nitrogens with one attached hydrogen (secondary N) is 1. The summed E-state index contributed by atoms with van der Waals surface area (Å²) in [5.41, 5.74) is 9.77. The molecule has 3 amide bonds. The van der Waals surface area contributed by atoms with E-state index in [0.717, 1.165) is 11.3 Å². The average molecular weight is 504 g/mol. The summed E-state index contributed by atoms with van der Waals surface area (Å²) in [5.74, 6) is -5.17. The molecule has 2 rings (SSSR count). The third-order valence-corrected chi connectivity index (χ3v) is 4.17. The van der Waals surface area contributed by atoms with Crippen molar-refractivity contribution in [3.8, 4) is 0 Å². The number of amides is 3. The number of hydroxylamine groups is 2. The van der Waals surface area contributed by atoms with Gasteiger partial charge in [-0.25, -0.2) is 14.8 Å². The molecule has 16 nitrogen and oxygen atoms in total. The van der Waals surface area contributed by atoms with Crippen LogP contribution in [0.5, 0.6) is 0 Å². The fourth-order valence-electron chi connectivity index (χ4n) is 2.25. The van der Waals surface area contributed by atoms with Crippen LogP contribution in [0, 0.1) is 0 Å². The molecule has 168 valence electrons. The molecular formula is C14H14N6Na2O10S. The molecule has 0 radical (unpaired) electrons. The minimum Gasteiger partial charge on any atom is -0.548 e. The number of carbonyl (C=O) groups is 5. The molecule has 0 unspecified atom stereocenters. The van der Waals surface area contributed by atoms with Gasteiger partial charge < -0.3 is 46.2 Å². The topological polar surface area (TPSA) is 252 Å². The maximum Gasteiger partial charge on any atom is 1.00 e. The van der Waals surface area contributed by atoms with Crippen molar-refractivity contribution in [2.24, 2.45) is 10.9 Å². The maximum absolute atomic E-state index is 12.6. The zero-order valence-corrected chi connectivity index (χ0v) is 22.2. The summed E-state index contributed by atoms with van der Waals surface area (Å²) in [7, 11) is 0. The molecular weight excluding hydrogens is 490 g/mol. The first-order chi connectivity index (χ1) is 14.6. The van der Waals surface area contributed by atoms with E-state index in [-0.39, 0.29) is 69.9 Å². The Kier molecular flexibility index (Phi) is 13.4. The molecule has 0 aromatic carbocycles. The van der Waals surface area contributed by atoms with Gasteiger partial charge in [0.15, 0.2) is 17.5 Å². The number of hydrogen-bond acceptors (Lipinski definition) is 14. The van der Waals surface area contributed by atoms with Gasteiger partial charge in [-0.15, -0.1) is 11.3 Å². The van der Waals surface area contributed by atoms with E-state index in [4.69, 9.17) is 16.3 Å². The quantitative estimate of drug-likeness (QED) is 0.110. The van der Waals surface area contributed by atoms with Gasteiger partial charge >= 0.3 is 65.2 Å². The molecule has 2 atom stereocenters. The average Bonchev–Trinajstić information content (AvgIpc) is 3.10. The number of nitrogens with zero attached hydrogens (tertiary/aromatic N) is 3. The van der Waals surface area contributed by atoms with E-state index < -0.39 is 67.5 Å². The molecule has 2 heterocycles. The van der Waals surface area contributed by atoms with Gasteiger partial charge in [-0.3, -0.25) is 14.4 Å². The van der Waals surface area contributed by atoms with Crippen LogP contribution < -0.4 is 86.1 Å². The second-order valence-corrected chi connectivity index (χ2v) is 6.50. The van der Waals surface area contributed by atoms with E-state index in [1.165, 1.54) is 5.38 Å². The Labute approximate surface area is 233 Å². The molecule has 1 aromatic heterocycles. The molecule has 19 heteroatoms.